The lowest BCUT2D eigenvalue weighted by molar-refractivity contribution is 0.180. The van der Waals surface area contributed by atoms with Crippen molar-refractivity contribution in [1.29, 1.82) is 0 Å². The van der Waals surface area contributed by atoms with E-state index < -0.39 is 10.0 Å². The van der Waals surface area contributed by atoms with Gasteiger partial charge in [0.25, 0.3) is 0 Å². The zero-order chi connectivity index (χ0) is 15.5. The molecule has 1 atom stereocenters. The maximum Gasteiger partial charge on any atom is 0.211 e. The van der Waals surface area contributed by atoms with Gasteiger partial charge in [-0.05, 0) is 17.7 Å². The van der Waals surface area contributed by atoms with Gasteiger partial charge in [0.15, 0.2) is 0 Å². The maximum atomic E-state index is 11.5. The normalized spacial score (nSPS) is 19.4. The molecule has 1 unspecified atom stereocenters. The van der Waals surface area contributed by atoms with Gasteiger partial charge in [0.05, 0.1) is 13.4 Å². The number of piperazine rings is 1. The van der Waals surface area contributed by atoms with Gasteiger partial charge in [0.1, 0.15) is 5.75 Å². The molecule has 0 aromatic heterocycles. The van der Waals surface area contributed by atoms with Crippen LogP contribution in [0.4, 0.5) is 0 Å². The lowest BCUT2D eigenvalue weighted by atomic mass is 10.1. The van der Waals surface area contributed by atoms with Crippen molar-refractivity contribution in [3.05, 3.63) is 29.8 Å². The molecule has 1 aliphatic heterocycles. The minimum atomic E-state index is -3.08. The lowest BCUT2D eigenvalue weighted by Crippen LogP contribution is -2.49. The molecule has 0 amide bonds. The van der Waals surface area contributed by atoms with Crippen LogP contribution in [0.2, 0.25) is 0 Å². The summed E-state index contributed by atoms with van der Waals surface area (Å²) in [6.07, 6.45) is 1.25. The van der Waals surface area contributed by atoms with E-state index in [1.54, 1.807) is 7.11 Å². The molecule has 1 aliphatic rings. The first kappa shape index (κ1) is 16.2. The van der Waals surface area contributed by atoms with Crippen molar-refractivity contribution in [1.82, 2.24) is 9.21 Å². The van der Waals surface area contributed by atoms with Gasteiger partial charge in [0, 0.05) is 38.8 Å². The van der Waals surface area contributed by atoms with E-state index in [-0.39, 0.29) is 6.04 Å². The second-order valence-corrected chi connectivity index (χ2v) is 7.33. The number of benzene rings is 1. The highest BCUT2D eigenvalue weighted by molar-refractivity contribution is 7.88. The van der Waals surface area contributed by atoms with Crippen LogP contribution in [0.3, 0.4) is 0 Å². The van der Waals surface area contributed by atoms with Crippen molar-refractivity contribution in [2.24, 2.45) is 5.73 Å². The van der Waals surface area contributed by atoms with Crippen molar-refractivity contribution >= 4 is 10.0 Å². The summed E-state index contributed by atoms with van der Waals surface area (Å²) in [4.78, 5) is 2.20. The highest BCUT2D eigenvalue weighted by Gasteiger charge is 2.24. The first-order valence-corrected chi connectivity index (χ1v) is 8.82. The summed E-state index contributed by atoms with van der Waals surface area (Å²) < 4.78 is 29.7. The van der Waals surface area contributed by atoms with Crippen molar-refractivity contribution in [2.45, 2.75) is 6.04 Å². The van der Waals surface area contributed by atoms with Crippen LogP contribution in [0, 0.1) is 0 Å². The molecule has 1 saturated heterocycles. The van der Waals surface area contributed by atoms with Gasteiger partial charge in [-0.15, -0.1) is 0 Å². The average Bonchev–Trinajstić information content (AvgIpc) is 2.47. The third-order valence-electron chi connectivity index (χ3n) is 3.78. The van der Waals surface area contributed by atoms with Gasteiger partial charge in [0.2, 0.25) is 10.0 Å². The topological polar surface area (TPSA) is 75.9 Å². The van der Waals surface area contributed by atoms with E-state index in [2.05, 4.69) is 4.90 Å². The molecule has 7 heteroatoms. The molecular weight excluding hydrogens is 290 g/mol. The highest BCUT2D eigenvalue weighted by atomic mass is 32.2. The zero-order valence-corrected chi connectivity index (χ0v) is 13.3. The highest BCUT2D eigenvalue weighted by Crippen LogP contribution is 2.19. The van der Waals surface area contributed by atoms with Crippen molar-refractivity contribution in [3.63, 3.8) is 0 Å². The van der Waals surface area contributed by atoms with Crippen LogP contribution in [0.1, 0.15) is 11.6 Å². The second-order valence-electron chi connectivity index (χ2n) is 5.35. The van der Waals surface area contributed by atoms with Gasteiger partial charge in [-0.25, -0.2) is 8.42 Å². The lowest BCUT2D eigenvalue weighted by Gasteiger charge is -2.34. The van der Waals surface area contributed by atoms with Crippen LogP contribution < -0.4 is 10.5 Å². The number of methoxy groups -OCH3 is 1. The van der Waals surface area contributed by atoms with E-state index in [9.17, 15) is 8.42 Å². The fraction of sp³-hybridized carbons (Fsp3) is 0.571. The largest absolute Gasteiger partial charge is 0.497 e. The Morgan fingerprint density at radius 2 is 1.95 bits per heavy atom. The summed E-state index contributed by atoms with van der Waals surface area (Å²) in [5.74, 6) is 0.796. The second kappa shape index (κ2) is 6.74. The maximum absolute atomic E-state index is 11.5. The first-order chi connectivity index (χ1) is 9.90. The van der Waals surface area contributed by atoms with Crippen LogP contribution >= 0.6 is 0 Å². The predicted octanol–water partition coefficient (Wildman–Crippen LogP) is 0.272. The fourth-order valence-electron chi connectivity index (χ4n) is 2.50. The molecule has 1 fully saturated rings. The van der Waals surface area contributed by atoms with Crippen molar-refractivity contribution in [3.8, 4) is 5.75 Å². The van der Waals surface area contributed by atoms with Gasteiger partial charge < -0.3 is 10.5 Å². The number of sulfonamides is 1. The fourth-order valence-corrected chi connectivity index (χ4v) is 3.33. The zero-order valence-electron chi connectivity index (χ0n) is 12.5. The average molecular weight is 313 g/mol. The first-order valence-electron chi connectivity index (χ1n) is 6.97. The molecule has 0 aliphatic carbocycles. The molecule has 0 bridgehead atoms. The summed E-state index contributed by atoms with van der Waals surface area (Å²) in [6.45, 7) is 3.20. The summed E-state index contributed by atoms with van der Waals surface area (Å²) in [6, 6.07) is 7.64. The van der Waals surface area contributed by atoms with E-state index in [0.717, 1.165) is 11.3 Å². The Balaban J connectivity index is 1.91. The molecule has 1 heterocycles. The molecule has 21 heavy (non-hydrogen) atoms. The number of nitrogens with two attached hydrogens (primary N) is 1. The van der Waals surface area contributed by atoms with Gasteiger partial charge in [-0.1, -0.05) is 12.1 Å². The van der Waals surface area contributed by atoms with E-state index in [0.29, 0.717) is 32.7 Å². The Kier molecular flexibility index (Phi) is 5.21. The molecule has 0 spiro atoms. The Labute approximate surface area is 126 Å². The molecular formula is C14H23N3O3S. The number of rotatable bonds is 5. The molecule has 0 radical (unpaired) electrons. The molecule has 1 aromatic rings. The third kappa shape index (κ3) is 4.41. The Morgan fingerprint density at radius 1 is 1.29 bits per heavy atom. The van der Waals surface area contributed by atoms with E-state index >= 15 is 0 Å². The molecule has 2 N–H and O–H groups in total. The number of hydrogen-bond donors (Lipinski definition) is 1. The van der Waals surface area contributed by atoms with Crippen LogP contribution in [0.15, 0.2) is 24.3 Å². The third-order valence-corrected chi connectivity index (χ3v) is 5.08. The minimum Gasteiger partial charge on any atom is -0.497 e. The summed E-state index contributed by atoms with van der Waals surface area (Å²) >= 11 is 0. The standard InChI is InChI=1S/C14H23N3O3S/c1-20-13-5-3-4-12(10-13)14(15)11-16-6-8-17(9-7-16)21(2,18)19/h3-5,10,14H,6-9,11,15H2,1-2H3. The number of nitrogens with zero attached hydrogens (tertiary/aromatic N) is 2. The summed E-state index contributed by atoms with van der Waals surface area (Å²) in [7, 11) is -1.45. The quantitative estimate of drug-likeness (QED) is 0.844. The number of hydrogen-bond acceptors (Lipinski definition) is 5. The van der Waals surface area contributed by atoms with E-state index in [1.807, 2.05) is 24.3 Å². The predicted molar refractivity (Wildman–Crippen MR) is 82.8 cm³/mol. The smallest absolute Gasteiger partial charge is 0.211 e. The molecule has 118 valence electrons. The molecule has 0 saturated carbocycles. The summed E-state index contributed by atoms with van der Waals surface area (Å²) in [5.41, 5.74) is 7.27. The van der Waals surface area contributed by atoms with Crippen molar-refractivity contribution < 1.29 is 13.2 Å². The van der Waals surface area contributed by atoms with Crippen LogP contribution in [0.5, 0.6) is 5.75 Å². The Bertz CT molecular complexity index is 569. The number of ether oxygens (including phenoxy) is 1. The SMILES string of the molecule is COc1cccc(C(N)CN2CCN(S(C)(=O)=O)CC2)c1. The van der Waals surface area contributed by atoms with Crippen molar-refractivity contribution in [2.75, 3.05) is 46.1 Å². The van der Waals surface area contributed by atoms with Gasteiger partial charge >= 0.3 is 0 Å². The van der Waals surface area contributed by atoms with Gasteiger partial charge in [-0.2, -0.15) is 4.31 Å². The molecule has 1 aromatic carbocycles. The monoisotopic (exact) mass is 313 g/mol. The van der Waals surface area contributed by atoms with E-state index in [4.69, 9.17) is 10.5 Å². The Morgan fingerprint density at radius 3 is 2.52 bits per heavy atom. The van der Waals surface area contributed by atoms with Crippen LogP contribution in [0.25, 0.3) is 0 Å². The summed E-state index contributed by atoms with van der Waals surface area (Å²) in [5, 5.41) is 0. The van der Waals surface area contributed by atoms with Gasteiger partial charge in [-0.3, -0.25) is 4.90 Å². The molecule has 6 nitrogen and oxygen atoms in total. The van der Waals surface area contributed by atoms with Crippen LogP contribution in [-0.2, 0) is 10.0 Å². The Hall–Kier alpha value is -1.15. The minimum absolute atomic E-state index is 0.107. The van der Waals surface area contributed by atoms with E-state index in [1.165, 1.54) is 10.6 Å². The van der Waals surface area contributed by atoms with Crippen LogP contribution in [-0.4, -0.2) is 63.7 Å². The molecule has 2 rings (SSSR count).